The van der Waals surface area contributed by atoms with Gasteiger partial charge in [-0.15, -0.1) is 0 Å². The number of hydrogen-bond donors (Lipinski definition) is 1. The second kappa shape index (κ2) is 3.57. The van der Waals surface area contributed by atoms with Crippen LogP contribution in [0.1, 0.15) is 12.8 Å². The molecule has 0 aromatic heterocycles. The maximum Gasteiger partial charge on any atom is 0.252 e. The SMILES string of the molecule is CN(C)CC(=O)NC1CC(F)(F)C1. The molecule has 0 spiro atoms. The molecule has 76 valence electrons. The predicted octanol–water partition coefficient (Wildman–Crippen LogP) is 0.462. The topological polar surface area (TPSA) is 32.3 Å². The van der Waals surface area contributed by atoms with E-state index in [0.29, 0.717) is 0 Å². The van der Waals surface area contributed by atoms with E-state index in [1.165, 1.54) is 0 Å². The predicted molar refractivity (Wildman–Crippen MR) is 44.7 cm³/mol. The van der Waals surface area contributed by atoms with Crippen molar-refractivity contribution in [3.05, 3.63) is 0 Å². The second-order valence-corrected chi connectivity index (χ2v) is 3.77. The summed E-state index contributed by atoms with van der Waals surface area (Å²) in [5.74, 6) is -2.75. The Hall–Kier alpha value is -0.710. The molecule has 1 amide bonds. The van der Waals surface area contributed by atoms with E-state index < -0.39 is 5.92 Å². The van der Waals surface area contributed by atoms with Gasteiger partial charge in [0.2, 0.25) is 5.91 Å². The minimum Gasteiger partial charge on any atom is -0.352 e. The number of carbonyl (C=O) groups is 1. The summed E-state index contributed by atoms with van der Waals surface area (Å²) < 4.78 is 24.7. The van der Waals surface area contributed by atoms with Gasteiger partial charge in [-0.3, -0.25) is 4.79 Å². The quantitative estimate of drug-likeness (QED) is 0.704. The highest BCUT2D eigenvalue weighted by Crippen LogP contribution is 2.37. The van der Waals surface area contributed by atoms with Gasteiger partial charge in [0.15, 0.2) is 0 Å². The van der Waals surface area contributed by atoms with E-state index in [2.05, 4.69) is 5.32 Å². The molecule has 1 aliphatic carbocycles. The maximum absolute atomic E-state index is 12.3. The molecule has 5 heteroatoms. The normalized spacial score (nSPS) is 21.3. The first-order valence-electron chi connectivity index (χ1n) is 4.21. The molecule has 0 atom stereocenters. The van der Waals surface area contributed by atoms with Gasteiger partial charge >= 0.3 is 0 Å². The van der Waals surface area contributed by atoms with Crippen LogP contribution in [0.5, 0.6) is 0 Å². The van der Waals surface area contributed by atoms with Crippen molar-refractivity contribution in [2.45, 2.75) is 24.8 Å². The molecular weight excluding hydrogens is 178 g/mol. The minimum atomic E-state index is -2.56. The van der Waals surface area contributed by atoms with Gasteiger partial charge in [-0.1, -0.05) is 0 Å². The van der Waals surface area contributed by atoms with Gasteiger partial charge < -0.3 is 10.2 Å². The van der Waals surface area contributed by atoms with Crippen LogP contribution >= 0.6 is 0 Å². The van der Waals surface area contributed by atoms with Crippen molar-refractivity contribution in [3.63, 3.8) is 0 Å². The third-order valence-electron chi connectivity index (χ3n) is 1.92. The molecule has 0 unspecified atom stereocenters. The highest BCUT2D eigenvalue weighted by Gasteiger charge is 2.45. The van der Waals surface area contributed by atoms with Crippen molar-refractivity contribution in [1.82, 2.24) is 10.2 Å². The molecule has 13 heavy (non-hydrogen) atoms. The average molecular weight is 192 g/mol. The van der Waals surface area contributed by atoms with Crippen molar-refractivity contribution in [3.8, 4) is 0 Å². The summed E-state index contributed by atoms with van der Waals surface area (Å²) in [6.45, 7) is 0.252. The average Bonchev–Trinajstić information content (AvgIpc) is 1.79. The molecule has 3 nitrogen and oxygen atoms in total. The summed E-state index contributed by atoms with van der Waals surface area (Å²) in [6, 6.07) is -0.331. The van der Waals surface area contributed by atoms with E-state index in [1.54, 1.807) is 19.0 Å². The van der Waals surface area contributed by atoms with E-state index in [-0.39, 0.29) is 31.3 Å². The Morgan fingerprint density at radius 3 is 2.46 bits per heavy atom. The lowest BCUT2D eigenvalue weighted by Crippen LogP contribution is -2.52. The molecule has 1 rings (SSSR count). The van der Waals surface area contributed by atoms with Crippen molar-refractivity contribution >= 4 is 5.91 Å². The van der Waals surface area contributed by atoms with Crippen molar-refractivity contribution in [1.29, 1.82) is 0 Å². The fourth-order valence-electron chi connectivity index (χ4n) is 1.32. The number of alkyl halides is 2. The first kappa shape index (κ1) is 10.4. The maximum atomic E-state index is 12.3. The number of nitrogens with zero attached hydrogens (tertiary/aromatic N) is 1. The van der Waals surface area contributed by atoms with Gasteiger partial charge in [-0.05, 0) is 14.1 Å². The third kappa shape index (κ3) is 3.26. The summed E-state index contributed by atoms with van der Waals surface area (Å²) in [5, 5.41) is 2.54. The molecular formula is C8H14F2N2O. The lowest BCUT2D eigenvalue weighted by Gasteiger charge is -2.35. The monoisotopic (exact) mass is 192 g/mol. The van der Waals surface area contributed by atoms with Gasteiger partial charge in [-0.25, -0.2) is 8.78 Å². The summed E-state index contributed by atoms with van der Waals surface area (Å²) >= 11 is 0. The lowest BCUT2D eigenvalue weighted by molar-refractivity contribution is -0.129. The second-order valence-electron chi connectivity index (χ2n) is 3.77. The number of amides is 1. The first-order chi connectivity index (χ1) is 5.89. The zero-order valence-corrected chi connectivity index (χ0v) is 7.81. The van der Waals surface area contributed by atoms with Crippen LogP contribution in [-0.2, 0) is 4.79 Å². The largest absolute Gasteiger partial charge is 0.352 e. The molecule has 0 bridgehead atoms. The summed E-state index contributed by atoms with van der Waals surface area (Å²) in [4.78, 5) is 12.8. The Balaban J connectivity index is 2.17. The van der Waals surface area contributed by atoms with E-state index in [9.17, 15) is 13.6 Å². The summed E-state index contributed by atoms with van der Waals surface area (Å²) in [6.07, 6.45) is -0.432. The van der Waals surface area contributed by atoms with Gasteiger partial charge in [0.25, 0.3) is 5.92 Å². The highest BCUT2D eigenvalue weighted by atomic mass is 19.3. The molecule has 0 radical (unpaired) electrons. The van der Waals surface area contributed by atoms with Crippen LogP contribution < -0.4 is 5.32 Å². The number of carbonyl (C=O) groups excluding carboxylic acids is 1. The number of halogens is 2. The van der Waals surface area contributed by atoms with Crippen LogP contribution in [-0.4, -0.2) is 43.4 Å². The van der Waals surface area contributed by atoms with E-state index in [4.69, 9.17) is 0 Å². The molecule has 1 fully saturated rings. The van der Waals surface area contributed by atoms with E-state index >= 15 is 0 Å². The van der Waals surface area contributed by atoms with Crippen LogP contribution in [0.2, 0.25) is 0 Å². The van der Waals surface area contributed by atoms with Crippen LogP contribution in [0.4, 0.5) is 8.78 Å². The highest BCUT2D eigenvalue weighted by molar-refractivity contribution is 5.78. The van der Waals surface area contributed by atoms with Crippen molar-refractivity contribution in [2.24, 2.45) is 0 Å². The molecule has 0 saturated heterocycles. The minimum absolute atomic E-state index is 0.189. The van der Waals surface area contributed by atoms with Gasteiger partial charge in [0.1, 0.15) is 0 Å². The Morgan fingerprint density at radius 2 is 2.08 bits per heavy atom. The van der Waals surface area contributed by atoms with Crippen LogP contribution in [0.25, 0.3) is 0 Å². The zero-order valence-electron chi connectivity index (χ0n) is 7.81. The third-order valence-corrected chi connectivity index (χ3v) is 1.92. The number of hydrogen-bond acceptors (Lipinski definition) is 2. The van der Waals surface area contributed by atoms with Crippen LogP contribution in [0, 0.1) is 0 Å². The fraction of sp³-hybridized carbons (Fsp3) is 0.875. The van der Waals surface area contributed by atoms with Gasteiger partial charge in [0, 0.05) is 18.9 Å². The first-order valence-corrected chi connectivity index (χ1v) is 4.21. The summed E-state index contributed by atoms with van der Waals surface area (Å²) in [5.41, 5.74) is 0. The molecule has 1 aliphatic rings. The number of rotatable bonds is 3. The van der Waals surface area contributed by atoms with Crippen LogP contribution in [0.3, 0.4) is 0 Å². The lowest BCUT2D eigenvalue weighted by atomic mass is 9.88. The summed E-state index contributed by atoms with van der Waals surface area (Å²) in [7, 11) is 3.52. The Labute approximate surface area is 76.1 Å². The van der Waals surface area contributed by atoms with Gasteiger partial charge in [-0.2, -0.15) is 0 Å². The van der Waals surface area contributed by atoms with E-state index in [0.717, 1.165) is 0 Å². The zero-order chi connectivity index (χ0) is 10.1. The molecule has 0 aromatic rings. The smallest absolute Gasteiger partial charge is 0.252 e. The molecule has 1 N–H and O–H groups in total. The van der Waals surface area contributed by atoms with Crippen molar-refractivity contribution < 1.29 is 13.6 Å². The Kier molecular flexibility index (Phi) is 2.85. The van der Waals surface area contributed by atoms with E-state index in [1.807, 2.05) is 0 Å². The number of likely N-dealkylation sites (N-methyl/N-ethyl adjacent to an activating group) is 1. The van der Waals surface area contributed by atoms with Crippen LogP contribution in [0.15, 0.2) is 0 Å². The van der Waals surface area contributed by atoms with Gasteiger partial charge in [0.05, 0.1) is 6.54 Å². The molecule has 0 aliphatic heterocycles. The van der Waals surface area contributed by atoms with Crippen molar-refractivity contribution in [2.75, 3.05) is 20.6 Å². The molecule has 0 aromatic carbocycles. The standard InChI is InChI=1S/C8H14F2N2O/c1-12(2)5-7(13)11-6-3-8(9,10)4-6/h6H,3-5H2,1-2H3,(H,11,13). The molecule has 0 heterocycles. The Bertz CT molecular complexity index is 198. The molecule has 1 saturated carbocycles. The number of nitrogens with one attached hydrogen (secondary N) is 1. The Morgan fingerprint density at radius 1 is 1.54 bits per heavy atom. The fourth-order valence-corrected chi connectivity index (χ4v) is 1.32.